The zero-order valence-electron chi connectivity index (χ0n) is 13.7. The van der Waals surface area contributed by atoms with E-state index >= 15 is 0 Å². The second-order valence-electron chi connectivity index (χ2n) is 5.49. The Morgan fingerprint density at radius 3 is 2.36 bits per heavy atom. The summed E-state index contributed by atoms with van der Waals surface area (Å²) < 4.78 is 58.7. The number of hydrogen-bond donors (Lipinski definition) is 0. The van der Waals surface area contributed by atoms with E-state index in [4.69, 9.17) is 4.74 Å². The van der Waals surface area contributed by atoms with Crippen molar-refractivity contribution in [3.63, 3.8) is 0 Å². The maximum absolute atomic E-state index is 14.2. The Bertz CT molecular complexity index is 724. The molecule has 0 heterocycles. The number of rotatable bonds is 7. The Morgan fingerprint density at radius 2 is 1.76 bits per heavy atom. The van der Waals surface area contributed by atoms with Crippen LogP contribution in [0.3, 0.4) is 0 Å². The van der Waals surface area contributed by atoms with Crippen LogP contribution in [-0.2, 0) is 12.6 Å². The fourth-order valence-electron chi connectivity index (χ4n) is 2.57. The van der Waals surface area contributed by atoms with Crippen LogP contribution in [0.25, 0.3) is 0 Å². The minimum atomic E-state index is -4.97. The highest BCUT2D eigenvalue weighted by molar-refractivity contribution is 5.98. The van der Waals surface area contributed by atoms with Crippen LogP contribution in [0.5, 0.6) is 5.75 Å². The second-order valence-corrected chi connectivity index (χ2v) is 5.49. The number of benzene rings is 2. The van der Waals surface area contributed by atoms with Crippen LogP contribution in [0.1, 0.15) is 41.3 Å². The summed E-state index contributed by atoms with van der Waals surface area (Å²) in [5.41, 5.74) is -1.21. The number of carbonyl (C=O) groups excluding carboxylic acids is 1. The fourth-order valence-corrected chi connectivity index (χ4v) is 2.57. The van der Waals surface area contributed by atoms with Gasteiger partial charge in [-0.3, -0.25) is 4.79 Å². The molecule has 0 bridgehead atoms. The lowest BCUT2D eigenvalue weighted by atomic mass is 9.97. The van der Waals surface area contributed by atoms with Crippen LogP contribution in [0.4, 0.5) is 17.6 Å². The third-order valence-corrected chi connectivity index (χ3v) is 3.70. The molecule has 0 saturated carbocycles. The van der Waals surface area contributed by atoms with E-state index in [-0.39, 0.29) is 13.0 Å². The number of Topliss-reactive ketones (excluding diaryl/α,β-unsaturated/α-hetero) is 1. The molecule has 0 fully saturated rings. The normalized spacial score (nSPS) is 11.4. The maximum atomic E-state index is 14.2. The third-order valence-electron chi connectivity index (χ3n) is 3.70. The molecule has 0 unspecified atom stereocenters. The molecule has 0 N–H and O–H groups in total. The van der Waals surface area contributed by atoms with E-state index in [0.29, 0.717) is 12.8 Å². The predicted octanol–water partition coefficient (Wildman–Crippen LogP) is 5.45. The topological polar surface area (TPSA) is 26.3 Å². The van der Waals surface area contributed by atoms with Crippen molar-refractivity contribution in [1.29, 1.82) is 0 Å². The van der Waals surface area contributed by atoms with Gasteiger partial charge in [0.1, 0.15) is 5.56 Å². The van der Waals surface area contributed by atoms with Gasteiger partial charge in [0.2, 0.25) is 0 Å². The summed E-state index contributed by atoms with van der Waals surface area (Å²) in [6.07, 6.45) is -4.12. The van der Waals surface area contributed by atoms with Crippen molar-refractivity contribution >= 4 is 5.78 Å². The van der Waals surface area contributed by atoms with E-state index in [9.17, 15) is 22.4 Å². The average Bonchev–Trinajstić information content (AvgIpc) is 2.56. The first-order valence-electron chi connectivity index (χ1n) is 7.94. The van der Waals surface area contributed by atoms with Crippen LogP contribution >= 0.6 is 0 Å². The first kappa shape index (κ1) is 19.0. The zero-order valence-corrected chi connectivity index (χ0v) is 13.7. The first-order chi connectivity index (χ1) is 11.8. The first-order valence-corrected chi connectivity index (χ1v) is 7.94. The van der Waals surface area contributed by atoms with Gasteiger partial charge in [-0.25, -0.2) is 4.39 Å². The monoisotopic (exact) mass is 354 g/mol. The summed E-state index contributed by atoms with van der Waals surface area (Å²) in [6, 6.07) is 11.4. The molecule has 2 rings (SSSR count). The van der Waals surface area contributed by atoms with Crippen molar-refractivity contribution in [3.8, 4) is 5.75 Å². The number of aryl methyl sites for hydroxylation is 1. The van der Waals surface area contributed by atoms with Gasteiger partial charge in [-0.15, -0.1) is 0 Å². The minimum absolute atomic E-state index is 0.0264. The molecular weight excluding hydrogens is 336 g/mol. The van der Waals surface area contributed by atoms with Gasteiger partial charge in [0.15, 0.2) is 17.3 Å². The highest BCUT2D eigenvalue weighted by Crippen LogP contribution is 2.38. The van der Waals surface area contributed by atoms with E-state index in [0.717, 1.165) is 17.7 Å². The van der Waals surface area contributed by atoms with Crippen molar-refractivity contribution in [1.82, 2.24) is 0 Å². The van der Waals surface area contributed by atoms with Crippen LogP contribution in [0.2, 0.25) is 0 Å². The molecule has 0 aromatic heterocycles. The lowest BCUT2D eigenvalue weighted by Crippen LogP contribution is -2.17. The highest BCUT2D eigenvalue weighted by atomic mass is 19.4. The van der Waals surface area contributed by atoms with Crippen molar-refractivity contribution < 1.29 is 27.1 Å². The van der Waals surface area contributed by atoms with Crippen molar-refractivity contribution in [2.24, 2.45) is 0 Å². The molecule has 0 aliphatic heterocycles. The van der Waals surface area contributed by atoms with Crippen LogP contribution in [0, 0.1) is 5.82 Å². The summed E-state index contributed by atoms with van der Waals surface area (Å²) >= 11 is 0. The van der Waals surface area contributed by atoms with Gasteiger partial charge in [-0.2, -0.15) is 13.2 Å². The molecule has 0 saturated heterocycles. The molecule has 2 aromatic rings. The van der Waals surface area contributed by atoms with Gasteiger partial charge in [0.25, 0.3) is 0 Å². The maximum Gasteiger partial charge on any atom is 0.420 e. The summed E-state index contributed by atoms with van der Waals surface area (Å²) in [4.78, 5) is 12.2. The van der Waals surface area contributed by atoms with E-state index in [1.165, 1.54) is 6.92 Å². The van der Waals surface area contributed by atoms with Crippen molar-refractivity contribution in [2.45, 2.75) is 32.4 Å². The number of carbonyl (C=O) groups is 1. The lowest BCUT2D eigenvalue weighted by molar-refractivity contribution is -0.140. The molecule has 0 atom stereocenters. The Labute approximate surface area is 143 Å². The lowest BCUT2D eigenvalue weighted by Gasteiger charge is -2.15. The second kappa shape index (κ2) is 8.14. The summed E-state index contributed by atoms with van der Waals surface area (Å²) in [5, 5.41) is 0. The van der Waals surface area contributed by atoms with Crippen LogP contribution < -0.4 is 4.74 Å². The molecule has 0 spiro atoms. The fraction of sp³-hybridized carbons (Fsp3) is 0.316. The molecule has 2 aromatic carbocycles. The van der Waals surface area contributed by atoms with Gasteiger partial charge in [0.05, 0.1) is 6.61 Å². The smallest absolute Gasteiger partial charge is 0.420 e. The van der Waals surface area contributed by atoms with E-state index in [1.807, 2.05) is 30.3 Å². The van der Waals surface area contributed by atoms with E-state index < -0.39 is 34.7 Å². The Morgan fingerprint density at radius 1 is 1.08 bits per heavy atom. The standard InChI is InChI=1S/C19H18F4O2/c1-2-25-16-12-11-14(17(18(16)20)19(21,22)23)15(24)10-6-9-13-7-4-3-5-8-13/h3-5,7-8,11-12H,2,6,9-10H2,1H3. The Hall–Kier alpha value is -2.37. The molecular formula is C19H18F4O2. The molecule has 134 valence electrons. The highest BCUT2D eigenvalue weighted by Gasteiger charge is 2.39. The van der Waals surface area contributed by atoms with Gasteiger partial charge < -0.3 is 4.74 Å². The van der Waals surface area contributed by atoms with Gasteiger partial charge in [0, 0.05) is 12.0 Å². The van der Waals surface area contributed by atoms with E-state index in [1.54, 1.807) is 0 Å². The average molecular weight is 354 g/mol. The molecule has 0 radical (unpaired) electrons. The minimum Gasteiger partial charge on any atom is -0.491 e. The summed E-state index contributed by atoms with van der Waals surface area (Å²) in [6.45, 7) is 1.56. The Kier molecular flexibility index (Phi) is 6.17. The summed E-state index contributed by atoms with van der Waals surface area (Å²) in [5.74, 6) is -2.77. The molecule has 0 aliphatic rings. The number of alkyl halides is 3. The quantitative estimate of drug-likeness (QED) is 0.488. The molecule has 6 heteroatoms. The predicted molar refractivity (Wildman–Crippen MR) is 86.3 cm³/mol. The third kappa shape index (κ3) is 4.81. The number of ketones is 1. The number of hydrogen-bond acceptors (Lipinski definition) is 2. The summed E-state index contributed by atoms with van der Waals surface area (Å²) in [7, 11) is 0. The largest absolute Gasteiger partial charge is 0.491 e. The van der Waals surface area contributed by atoms with Crippen molar-refractivity contribution in [3.05, 3.63) is 65.0 Å². The number of halogens is 4. The number of ether oxygens (including phenoxy) is 1. The SMILES string of the molecule is CCOc1ccc(C(=O)CCCc2ccccc2)c(C(F)(F)F)c1F. The van der Waals surface area contributed by atoms with Crippen molar-refractivity contribution in [2.75, 3.05) is 6.61 Å². The van der Waals surface area contributed by atoms with Crippen LogP contribution in [0.15, 0.2) is 42.5 Å². The molecule has 0 amide bonds. The van der Waals surface area contributed by atoms with Gasteiger partial charge in [-0.1, -0.05) is 30.3 Å². The van der Waals surface area contributed by atoms with Crippen LogP contribution in [-0.4, -0.2) is 12.4 Å². The van der Waals surface area contributed by atoms with E-state index in [2.05, 4.69) is 0 Å². The molecule has 2 nitrogen and oxygen atoms in total. The van der Waals surface area contributed by atoms with Gasteiger partial charge in [-0.05, 0) is 37.5 Å². The van der Waals surface area contributed by atoms with Gasteiger partial charge >= 0.3 is 6.18 Å². The molecule has 0 aliphatic carbocycles. The Balaban J connectivity index is 2.19. The zero-order chi connectivity index (χ0) is 18.4. The molecule has 25 heavy (non-hydrogen) atoms.